The smallest absolute Gasteiger partial charge is 0.398 e. The van der Waals surface area contributed by atoms with Crippen LogP contribution in [-0.4, -0.2) is 20.1 Å². The Balaban J connectivity index is 2.36. The molecule has 0 aliphatic heterocycles. The van der Waals surface area contributed by atoms with Crippen molar-refractivity contribution in [3.63, 3.8) is 0 Å². The zero-order valence-electron chi connectivity index (χ0n) is 17.4. The molecule has 0 aromatic heterocycles. The minimum absolute atomic E-state index is 0.0570. The van der Waals surface area contributed by atoms with Crippen LogP contribution in [0.3, 0.4) is 0 Å². The highest BCUT2D eigenvalue weighted by Gasteiger charge is 2.36. The third-order valence-corrected chi connectivity index (χ3v) is 8.52. The minimum Gasteiger partial charge on any atom is -0.520 e. The molecule has 0 amide bonds. The third kappa shape index (κ3) is 9.38. The van der Waals surface area contributed by atoms with E-state index in [1.807, 2.05) is 0 Å². The van der Waals surface area contributed by atoms with E-state index in [1.165, 1.54) is 63.5 Å². The van der Waals surface area contributed by atoms with Crippen molar-refractivity contribution in [3.05, 3.63) is 34.4 Å². The van der Waals surface area contributed by atoms with Gasteiger partial charge in [0.2, 0.25) is 0 Å². The highest BCUT2D eigenvalue weighted by atomic mass is 28.4. The van der Waals surface area contributed by atoms with Gasteiger partial charge in [0.05, 0.1) is 11.0 Å². The lowest BCUT2D eigenvalue weighted by Gasteiger charge is -2.29. The first-order valence-electron chi connectivity index (χ1n) is 10.6. The summed E-state index contributed by atoms with van der Waals surface area (Å²) in [6.07, 6.45) is 11.6. The fourth-order valence-corrected chi connectivity index (χ4v) is 5.50. The molecule has 0 spiro atoms. The lowest BCUT2D eigenvalue weighted by molar-refractivity contribution is -0.384. The predicted molar refractivity (Wildman–Crippen MR) is 114 cm³/mol. The Bertz CT molecular complexity index is 535. The predicted octanol–water partition coefficient (Wildman–Crippen LogP) is 7.00. The fourth-order valence-electron chi connectivity index (χ4n) is 3.17. The van der Waals surface area contributed by atoms with E-state index in [2.05, 4.69) is 20.8 Å². The van der Waals surface area contributed by atoms with Gasteiger partial charge in [-0.1, -0.05) is 78.2 Å². The number of rotatable bonds is 16. The molecule has 0 saturated heterocycles. The monoisotopic (exact) mass is 395 g/mol. The number of nitro groups is 1. The number of non-ortho nitro benzene ring substituents is 1. The molecule has 0 radical (unpaired) electrons. The van der Waals surface area contributed by atoms with Crippen LogP contribution in [0.4, 0.5) is 5.69 Å². The summed E-state index contributed by atoms with van der Waals surface area (Å²) in [6.45, 7) is 7.14. The number of benzene rings is 1. The summed E-state index contributed by atoms with van der Waals surface area (Å²) in [7, 11) is -2.35. The Morgan fingerprint density at radius 1 is 0.926 bits per heavy atom. The molecule has 5 nitrogen and oxygen atoms in total. The van der Waals surface area contributed by atoms with Crippen molar-refractivity contribution in [1.29, 1.82) is 0 Å². The molecule has 1 aromatic rings. The molecule has 0 unspecified atom stereocenters. The second-order valence-corrected chi connectivity index (χ2v) is 10.9. The van der Waals surface area contributed by atoms with E-state index in [0.29, 0.717) is 5.75 Å². The first-order valence-corrected chi connectivity index (χ1v) is 12.9. The lowest BCUT2D eigenvalue weighted by atomic mass is 10.1. The summed E-state index contributed by atoms with van der Waals surface area (Å²) in [4.78, 5) is 10.6. The Labute approximate surface area is 165 Å². The Morgan fingerprint density at radius 2 is 1.52 bits per heavy atom. The molecule has 0 aliphatic carbocycles. The minimum atomic E-state index is -2.35. The zero-order valence-corrected chi connectivity index (χ0v) is 18.4. The average Bonchev–Trinajstić information content (AvgIpc) is 2.68. The van der Waals surface area contributed by atoms with Gasteiger partial charge in [0.25, 0.3) is 5.69 Å². The molecule has 0 bridgehead atoms. The lowest BCUT2D eigenvalue weighted by Crippen LogP contribution is -2.44. The second kappa shape index (κ2) is 13.7. The van der Waals surface area contributed by atoms with Crippen LogP contribution in [0.1, 0.15) is 78.6 Å². The number of nitrogens with zero attached hydrogens (tertiary/aromatic N) is 1. The normalized spacial score (nSPS) is 11.5. The summed E-state index contributed by atoms with van der Waals surface area (Å²) in [5, 5.41) is 11.0. The topological polar surface area (TPSA) is 61.6 Å². The van der Waals surface area contributed by atoms with Crippen LogP contribution in [0.5, 0.6) is 5.75 Å². The maximum atomic E-state index is 11.0. The van der Waals surface area contributed by atoms with Gasteiger partial charge in [-0.05, 0) is 24.6 Å². The van der Waals surface area contributed by atoms with Crippen molar-refractivity contribution in [3.8, 4) is 5.75 Å². The van der Waals surface area contributed by atoms with Gasteiger partial charge in [0.1, 0.15) is 5.75 Å². The summed E-state index contributed by atoms with van der Waals surface area (Å²) < 4.78 is 12.4. The maximum Gasteiger partial charge on any atom is 0.398 e. The van der Waals surface area contributed by atoms with Crippen molar-refractivity contribution >= 4 is 14.2 Å². The first-order chi connectivity index (χ1) is 13.1. The van der Waals surface area contributed by atoms with Crippen molar-refractivity contribution in [2.24, 2.45) is 0 Å². The van der Waals surface area contributed by atoms with Gasteiger partial charge in [0.15, 0.2) is 0 Å². The maximum absolute atomic E-state index is 11.0. The van der Waals surface area contributed by atoms with Crippen LogP contribution < -0.4 is 4.43 Å². The Hall–Kier alpha value is -1.40. The molecule has 6 heteroatoms. The molecular formula is C21H37NO4Si. The number of nitro benzene ring substituents is 1. The van der Waals surface area contributed by atoms with Gasteiger partial charge in [-0.2, -0.15) is 0 Å². The molecule has 0 fully saturated rings. The summed E-state index contributed by atoms with van der Waals surface area (Å²) in [5.41, 5.74) is 0.0570. The molecule has 0 heterocycles. The van der Waals surface area contributed by atoms with Crippen LogP contribution >= 0.6 is 0 Å². The van der Waals surface area contributed by atoms with Crippen LogP contribution in [0.2, 0.25) is 12.1 Å². The van der Waals surface area contributed by atoms with Crippen molar-refractivity contribution < 1.29 is 13.8 Å². The van der Waals surface area contributed by atoms with Gasteiger partial charge in [0, 0.05) is 12.7 Å². The highest BCUT2D eigenvalue weighted by molar-refractivity contribution is 6.68. The molecule has 0 saturated carbocycles. The molecule has 0 atom stereocenters. The van der Waals surface area contributed by atoms with Gasteiger partial charge >= 0.3 is 8.56 Å². The number of hydrogen-bond donors (Lipinski definition) is 0. The van der Waals surface area contributed by atoms with E-state index in [4.69, 9.17) is 8.85 Å². The van der Waals surface area contributed by atoms with E-state index in [9.17, 15) is 10.1 Å². The van der Waals surface area contributed by atoms with E-state index < -0.39 is 13.5 Å². The van der Waals surface area contributed by atoms with Gasteiger partial charge in [-0.15, -0.1) is 0 Å². The largest absolute Gasteiger partial charge is 0.520 e. The number of hydrogen-bond acceptors (Lipinski definition) is 4. The zero-order chi connectivity index (χ0) is 20.0. The van der Waals surface area contributed by atoms with Gasteiger partial charge in [-0.3, -0.25) is 10.1 Å². The molecule has 1 rings (SSSR count). The van der Waals surface area contributed by atoms with Crippen molar-refractivity contribution in [2.45, 2.75) is 90.6 Å². The molecule has 27 heavy (non-hydrogen) atoms. The molecule has 0 aliphatic rings. The molecular weight excluding hydrogens is 358 g/mol. The molecule has 0 N–H and O–H groups in total. The number of unbranched alkanes of at least 4 members (excludes halogenated alkanes) is 8. The summed E-state index contributed by atoms with van der Waals surface area (Å²) in [5.74, 6) is 0.548. The van der Waals surface area contributed by atoms with Gasteiger partial charge in [-0.25, -0.2) is 0 Å². The van der Waals surface area contributed by atoms with Crippen LogP contribution in [0.25, 0.3) is 0 Å². The highest BCUT2D eigenvalue weighted by Crippen LogP contribution is 2.26. The quantitative estimate of drug-likeness (QED) is 0.131. The second-order valence-electron chi connectivity index (χ2n) is 7.15. The van der Waals surface area contributed by atoms with Crippen LogP contribution in [0.15, 0.2) is 24.3 Å². The average molecular weight is 396 g/mol. The molecule has 1 aromatic carbocycles. The SMILES string of the molecule is CCCCCCCCCCCO[Si](CC)(CC)Oc1cccc([N+](=O)[O-])c1. The fraction of sp³-hybridized carbons (Fsp3) is 0.714. The first kappa shape index (κ1) is 23.6. The van der Waals surface area contributed by atoms with Crippen molar-refractivity contribution in [2.75, 3.05) is 6.61 Å². The Kier molecular flexibility index (Phi) is 12.0. The Morgan fingerprint density at radius 3 is 2.07 bits per heavy atom. The standard InChI is InChI=1S/C21H37NO4Si/c1-4-7-8-9-10-11-12-13-14-18-25-27(5-2,6-3)26-21-17-15-16-20(19-21)22(23)24/h15-17,19H,4-14,18H2,1-3H3. The van der Waals surface area contributed by atoms with E-state index in [1.54, 1.807) is 12.1 Å². The van der Waals surface area contributed by atoms with E-state index in [-0.39, 0.29) is 5.69 Å². The van der Waals surface area contributed by atoms with E-state index >= 15 is 0 Å². The summed E-state index contributed by atoms with van der Waals surface area (Å²) in [6, 6.07) is 8.10. The van der Waals surface area contributed by atoms with Gasteiger partial charge < -0.3 is 8.85 Å². The molecule has 154 valence electrons. The van der Waals surface area contributed by atoms with Crippen LogP contribution in [-0.2, 0) is 4.43 Å². The van der Waals surface area contributed by atoms with E-state index in [0.717, 1.165) is 25.1 Å². The summed E-state index contributed by atoms with van der Waals surface area (Å²) >= 11 is 0. The van der Waals surface area contributed by atoms with Crippen molar-refractivity contribution in [1.82, 2.24) is 0 Å². The third-order valence-electron chi connectivity index (χ3n) is 5.02. The van der Waals surface area contributed by atoms with Crippen LogP contribution in [0, 0.1) is 10.1 Å².